The van der Waals surface area contributed by atoms with Gasteiger partial charge in [-0.3, -0.25) is 10.1 Å². The second kappa shape index (κ2) is 7.97. The highest BCUT2D eigenvalue weighted by Gasteiger charge is 2.08. The van der Waals surface area contributed by atoms with Crippen molar-refractivity contribution < 1.29 is 9.66 Å². The van der Waals surface area contributed by atoms with Gasteiger partial charge in [0.25, 0.3) is 5.69 Å². The topological polar surface area (TPSA) is 78.2 Å². The Balaban J connectivity index is 1.71. The van der Waals surface area contributed by atoms with Crippen LogP contribution < -0.4 is 4.74 Å². The van der Waals surface area contributed by atoms with Crippen LogP contribution in [0.15, 0.2) is 59.8 Å². The van der Waals surface area contributed by atoms with E-state index in [1.165, 1.54) is 35.0 Å². The van der Waals surface area contributed by atoms with Crippen LogP contribution in [0.4, 0.5) is 5.69 Å². The van der Waals surface area contributed by atoms with E-state index in [0.717, 1.165) is 11.4 Å². The Morgan fingerprint density at radius 1 is 1.08 bits per heavy atom. The molecule has 0 unspecified atom stereocenters. The number of nitro benzene ring substituents is 1. The molecule has 0 amide bonds. The molecule has 0 fully saturated rings. The van der Waals surface area contributed by atoms with Gasteiger partial charge >= 0.3 is 0 Å². The molecule has 0 bridgehead atoms. The predicted molar refractivity (Wildman–Crippen MR) is 101 cm³/mol. The Morgan fingerprint density at radius 3 is 2.54 bits per heavy atom. The molecule has 0 N–H and O–H groups in total. The first-order chi connectivity index (χ1) is 12.5. The molecular formula is C19H17N3O3S. The van der Waals surface area contributed by atoms with Crippen LogP contribution in [0.1, 0.15) is 16.8 Å². The lowest BCUT2D eigenvalue weighted by Crippen LogP contribution is -1.95. The molecule has 1 heterocycles. The van der Waals surface area contributed by atoms with E-state index in [9.17, 15) is 10.1 Å². The Hall–Kier alpha value is -2.93. The first-order valence-electron chi connectivity index (χ1n) is 7.96. The number of benzene rings is 2. The predicted octanol–water partition coefficient (Wildman–Crippen LogP) is 5.09. The lowest BCUT2D eigenvalue weighted by atomic mass is 10.2. The van der Waals surface area contributed by atoms with Gasteiger partial charge in [0, 0.05) is 29.6 Å². The van der Waals surface area contributed by atoms with Crippen LogP contribution in [0.25, 0.3) is 0 Å². The summed E-state index contributed by atoms with van der Waals surface area (Å²) >= 11 is 1.54. The van der Waals surface area contributed by atoms with Gasteiger partial charge in [0.2, 0.25) is 5.88 Å². The Labute approximate surface area is 155 Å². The van der Waals surface area contributed by atoms with Gasteiger partial charge in [0.05, 0.1) is 4.92 Å². The average Bonchev–Trinajstić information content (AvgIpc) is 2.60. The van der Waals surface area contributed by atoms with E-state index in [0.29, 0.717) is 16.8 Å². The highest BCUT2D eigenvalue weighted by molar-refractivity contribution is 7.98. The molecule has 0 saturated heterocycles. The van der Waals surface area contributed by atoms with Crippen molar-refractivity contribution in [2.24, 2.45) is 0 Å². The van der Waals surface area contributed by atoms with Crippen LogP contribution in [0.2, 0.25) is 0 Å². The van der Waals surface area contributed by atoms with Gasteiger partial charge in [-0.15, -0.1) is 0 Å². The Kier molecular flexibility index (Phi) is 5.48. The minimum absolute atomic E-state index is 0.0191. The summed E-state index contributed by atoms with van der Waals surface area (Å²) in [6.45, 7) is 3.94. The maximum absolute atomic E-state index is 10.7. The number of aryl methyl sites for hydroxylation is 2. The van der Waals surface area contributed by atoms with Gasteiger partial charge in [-0.25, -0.2) is 4.98 Å². The molecule has 0 atom stereocenters. The van der Waals surface area contributed by atoms with Gasteiger partial charge in [-0.1, -0.05) is 41.6 Å². The van der Waals surface area contributed by atoms with E-state index in [1.807, 2.05) is 13.0 Å². The summed E-state index contributed by atoms with van der Waals surface area (Å²) in [5, 5.41) is 11.3. The smallest absolute Gasteiger partial charge is 0.269 e. The fourth-order valence-electron chi connectivity index (χ4n) is 2.34. The minimum atomic E-state index is -0.446. The number of thioether (sulfide) groups is 1. The van der Waals surface area contributed by atoms with Gasteiger partial charge in [-0.2, -0.15) is 4.98 Å². The Morgan fingerprint density at radius 2 is 1.85 bits per heavy atom. The number of hydrogen-bond donors (Lipinski definition) is 0. The summed E-state index contributed by atoms with van der Waals surface area (Å²) in [6, 6.07) is 15.9. The van der Waals surface area contributed by atoms with E-state index in [4.69, 9.17) is 4.74 Å². The standard InChI is InChI=1S/C19H17N3O3S/c1-13-4-3-5-15(10-13)12-26-19-20-14(2)11-18(21-19)25-17-8-6-16(7-9-17)22(23)24/h3-11H,12H2,1-2H3. The summed E-state index contributed by atoms with van der Waals surface area (Å²) in [4.78, 5) is 19.1. The molecule has 2 aromatic carbocycles. The molecule has 0 spiro atoms. The quantitative estimate of drug-likeness (QED) is 0.261. The zero-order chi connectivity index (χ0) is 18.5. The zero-order valence-electron chi connectivity index (χ0n) is 14.4. The van der Waals surface area contributed by atoms with Crippen LogP contribution in [-0.4, -0.2) is 14.9 Å². The summed E-state index contributed by atoms with van der Waals surface area (Å²) < 4.78 is 5.72. The van der Waals surface area contributed by atoms with Crippen molar-refractivity contribution in [1.82, 2.24) is 9.97 Å². The number of hydrogen-bond acceptors (Lipinski definition) is 6. The summed E-state index contributed by atoms with van der Waals surface area (Å²) in [7, 11) is 0. The zero-order valence-corrected chi connectivity index (χ0v) is 15.2. The molecule has 0 aliphatic rings. The summed E-state index contributed by atoms with van der Waals surface area (Å²) in [5.41, 5.74) is 3.24. The van der Waals surface area contributed by atoms with Crippen molar-refractivity contribution in [1.29, 1.82) is 0 Å². The second-order valence-electron chi connectivity index (χ2n) is 5.76. The normalized spacial score (nSPS) is 10.5. The fourth-order valence-corrected chi connectivity index (χ4v) is 3.18. The summed E-state index contributed by atoms with van der Waals surface area (Å²) in [5.74, 6) is 1.67. The van der Waals surface area contributed by atoms with Crippen LogP contribution >= 0.6 is 11.8 Å². The monoisotopic (exact) mass is 367 g/mol. The van der Waals surface area contributed by atoms with Crippen molar-refractivity contribution in [3.05, 3.63) is 81.5 Å². The van der Waals surface area contributed by atoms with E-state index in [-0.39, 0.29) is 5.69 Å². The number of ether oxygens (including phenoxy) is 1. The van der Waals surface area contributed by atoms with Crippen molar-refractivity contribution in [2.45, 2.75) is 24.8 Å². The van der Waals surface area contributed by atoms with E-state index in [2.05, 4.69) is 35.1 Å². The molecule has 26 heavy (non-hydrogen) atoms. The minimum Gasteiger partial charge on any atom is -0.439 e. The van der Waals surface area contributed by atoms with Crippen molar-refractivity contribution in [3.63, 3.8) is 0 Å². The third-order valence-electron chi connectivity index (χ3n) is 3.53. The Bertz CT molecular complexity index is 930. The third kappa shape index (κ3) is 4.80. The van der Waals surface area contributed by atoms with E-state index < -0.39 is 4.92 Å². The van der Waals surface area contributed by atoms with Crippen molar-refractivity contribution in [3.8, 4) is 11.6 Å². The number of aromatic nitrogens is 2. The second-order valence-corrected chi connectivity index (χ2v) is 6.70. The van der Waals surface area contributed by atoms with Crippen LogP contribution in [0.5, 0.6) is 11.6 Å². The lowest BCUT2D eigenvalue weighted by Gasteiger charge is -2.08. The average molecular weight is 367 g/mol. The van der Waals surface area contributed by atoms with Crippen molar-refractivity contribution in [2.75, 3.05) is 0 Å². The van der Waals surface area contributed by atoms with Crippen LogP contribution in [-0.2, 0) is 5.75 Å². The number of rotatable bonds is 6. The first kappa shape index (κ1) is 17.9. The summed E-state index contributed by atoms with van der Waals surface area (Å²) in [6.07, 6.45) is 0. The molecule has 132 valence electrons. The molecule has 6 nitrogen and oxygen atoms in total. The highest BCUT2D eigenvalue weighted by Crippen LogP contribution is 2.26. The van der Waals surface area contributed by atoms with Gasteiger partial charge in [0.15, 0.2) is 5.16 Å². The van der Waals surface area contributed by atoms with Gasteiger partial charge in [0.1, 0.15) is 5.75 Å². The fraction of sp³-hybridized carbons (Fsp3) is 0.158. The highest BCUT2D eigenvalue weighted by atomic mass is 32.2. The van der Waals surface area contributed by atoms with Crippen LogP contribution in [0.3, 0.4) is 0 Å². The number of nitro groups is 1. The SMILES string of the molecule is Cc1cccc(CSc2nc(C)cc(Oc3ccc([N+](=O)[O-])cc3)n2)c1. The maximum atomic E-state index is 10.7. The molecular weight excluding hydrogens is 350 g/mol. The number of nitrogens with zero attached hydrogens (tertiary/aromatic N) is 3. The molecule has 0 aliphatic heterocycles. The molecule has 0 aliphatic carbocycles. The van der Waals surface area contributed by atoms with E-state index in [1.54, 1.807) is 18.2 Å². The molecule has 0 saturated carbocycles. The lowest BCUT2D eigenvalue weighted by molar-refractivity contribution is -0.384. The molecule has 3 aromatic rings. The van der Waals surface area contributed by atoms with Gasteiger partial charge < -0.3 is 4.74 Å². The molecule has 3 rings (SSSR count). The van der Waals surface area contributed by atoms with Crippen molar-refractivity contribution >= 4 is 17.4 Å². The first-order valence-corrected chi connectivity index (χ1v) is 8.94. The molecule has 7 heteroatoms. The molecule has 0 radical (unpaired) electrons. The molecule has 1 aromatic heterocycles. The van der Waals surface area contributed by atoms with Gasteiger partial charge in [-0.05, 0) is 31.5 Å². The third-order valence-corrected chi connectivity index (χ3v) is 4.45. The largest absolute Gasteiger partial charge is 0.439 e. The number of non-ortho nitro benzene ring substituents is 1. The maximum Gasteiger partial charge on any atom is 0.269 e. The van der Waals surface area contributed by atoms with E-state index >= 15 is 0 Å². The van der Waals surface area contributed by atoms with Crippen LogP contribution in [0, 0.1) is 24.0 Å².